The fourth-order valence-electron chi connectivity index (χ4n) is 9.02. The topological polar surface area (TPSA) is 140 Å². The molecule has 3 unspecified atom stereocenters. The summed E-state index contributed by atoms with van der Waals surface area (Å²) >= 11 is 0. The van der Waals surface area contributed by atoms with E-state index in [0.29, 0.717) is 52.4 Å². The molecule has 3 fully saturated rings. The molecule has 0 aliphatic carbocycles. The first kappa shape index (κ1) is 57.6. The quantitative estimate of drug-likeness (QED) is 0.0425. The Bertz CT molecular complexity index is 1720. The van der Waals surface area contributed by atoms with Gasteiger partial charge in [-0.25, -0.2) is 0 Å². The van der Waals surface area contributed by atoms with E-state index in [-0.39, 0.29) is 66.2 Å². The molecule has 5 rings (SSSR count). The van der Waals surface area contributed by atoms with E-state index in [1.54, 1.807) is 16.7 Å². The van der Waals surface area contributed by atoms with Gasteiger partial charge in [-0.15, -0.1) is 0 Å². The van der Waals surface area contributed by atoms with Gasteiger partial charge in [0.25, 0.3) is 0 Å². The van der Waals surface area contributed by atoms with Gasteiger partial charge >= 0.3 is 17.9 Å². The summed E-state index contributed by atoms with van der Waals surface area (Å²) in [7, 11) is 1.35. The van der Waals surface area contributed by atoms with Crippen molar-refractivity contribution in [3.05, 3.63) is 71.8 Å². The predicted octanol–water partition coefficient (Wildman–Crippen LogP) is 11.0. The number of nitrogens with zero attached hydrogens (tertiary/aromatic N) is 3. The molecule has 3 aliphatic rings. The van der Waals surface area contributed by atoms with Crippen LogP contribution in [0.25, 0.3) is 0 Å². The minimum absolute atomic E-state index is 0.0178. The number of likely N-dealkylation sites (tertiary alicyclic amines) is 3. The van der Waals surface area contributed by atoms with Gasteiger partial charge in [0.2, 0.25) is 17.7 Å². The van der Waals surface area contributed by atoms with Crippen LogP contribution in [-0.4, -0.2) is 96.8 Å². The van der Waals surface area contributed by atoms with E-state index >= 15 is 0 Å². The molecular formula is C56H87N3O9. The predicted molar refractivity (Wildman–Crippen MR) is 268 cm³/mol. The lowest BCUT2D eigenvalue weighted by molar-refractivity contribution is -0.149. The molecule has 3 heterocycles. The van der Waals surface area contributed by atoms with Crippen LogP contribution < -0.4 is 0 Å². The third-order valence-corrected chi connectivity index (χ3v) is 13.1. The first-order chi connectivity index (χ1) is 33.1. The maximum absolute atomic E-state index is 12.2. The molecule has 12 heteroatoms. The van der Waals surface area contributed by atoms with Gasteiger partial charge in [0, 0.05) is 58.5 Å². The molecule has 12 nitrogen and oxygen atoms in total. The lowest BCUT2D eigenvalue weighted by atomic mass is 10.1. The van der Waals surface area contributed by atoms with Crippen molar-refractivity contribution in [1.29, 1.82) is 0 Å². The fourth-order valence-corrected chi connectivity index (χ4v) is 9.02. The summed E-state index contributed by atoms with van der Waals surface area (Å²) in [6, 6.07) is 19.7. The first-order valence-electron chi connectivity index (χ1n) is 26.4. The van der Waals surface area contributed by atoms with Crippen molar-refractivity contribution in [2.24, 2.45) is 17.8 Å². The average Bonchev–Trinajstić information content (AvgIpc) is 4.04. The monoisotopic (exact) mass is 946 g/mol. The SMILES string of the molecule is CCCCCCCCCCCCN1CC(C(=O)OCC)CC1=O.CCCCCCCCCCCCOC(=O)C1CC(=O)N(Cc2ccccc2)C1.COC(=O)C1CC(=O)N(Cc2ccccc2)C1. The number of rotatable bonds is 30. The molecule has 380 valence electrons. The lowest BCUT2D eigenvalue weighted by Crippen LogP contribution is -2.27. The summed E-state index contributed by atoms with van der Waals surface area (Å²) < 4.78 is 15.1. The molecule has 0 N–H and O–H groups in total. The van der Waals surface area contributed by atoms with Crippen LogP contribution >= 0.6 is 0 Å². The van der Waals surface area contributed by atoms with E-state index in [4.69, 9.17) is 9.47 Å². The summed E-state index contributed by atoms with van der Waals surface area (Å²) in [4.78, 5) is 76.4. The Morgan fingerprint density at radius 1 is 0.456 bits per heavy atom. The second kappa shape index (κ2) is 35.4. The highest BCUT2D eigenvalue weighted by Gasteiger charge is 2.37. The van der Waals surface area contributed by atoms with E-state index in [1.807, 2.05) is 65.6 Å². The van der Waals surface area contributed by atoms with Crippen molar-refractivity contribution >= 4 is 35.6 Å². The molecule has 0 aromatic heterocycles. The van der Waals surface area contributed by atoms with Crippen molar-refractivity contribution in [3.63, 3.8) is 0 Å². The zero-order chi connectivity index (χ0) is 49.2. The number of hydrogen-bond donors (Lipinski definition) is 0. The van der Waals surface area contributed by atoms with E-state index in [1.165, 1.54) is 116 Å². The highest BCUT2D eigenvalue weighted by Crippen LogP contribution is 2.24. The van der Waals surface area contributed by atoms with Gasteiger partial charge in [0.15, 0.2) is 0 Å². The Morgan fingerprint density at radius 3 is 1.22 bits per heavy atom. The zero-order valence-electron chi connectivity index (χ0n) is 42.4. The first-order valence-corrected chi connectivity index (χ1v) is 26.4. The van der Waals surface area contributed by atoms with E-state index in [0.717, 1.165) is 36.9 Å². The van der Waals surface area contributed by atoms with Crippen LogP contribution in [-0.2, 0) is 56.1 Å². The molecule has 3 amide bonds. The molecule has 0 spiro atoms. The maximum atomic E-state index is 12.2. The summed E-state index contributed by atoms with van der Waals surface area (Å²) in [5.74, 6) is -1.41. The fraction of sp³-hybridized carbons (Fsp3) is 0.679. The molecule has 0 saturated carbocycles. The molecule has 3 atom stereocenters. The Labute approximate surface area is 409 Å². The largest absolute Gasteiger partial charge is 0.469 e. The molecule has 0 radical (unpaired) electrons. The summed E-state index contributed by atoms with van der Waals surface area (Å²) in [6.07, 6.45) is 26.5. The Balaban J connectivity index is 0.000000278. The second-order valence-electron chi connectivity index (χ2n) is 18.9. The summed E-state index contributed by atoms with van der Waals surface area (Å²) in [5, 5.41) is 0. The second-order valence-corrected chi connectivity index (χ2v) is 18.9. The highest BCUT2D eigenvalue weighted by atomic mass is 16.5. The molecular weight excluding hydrogens is 859 g/mol. The van der Waals surface area contributed by atoms with Crippen LogP contribution in [0.2, 0.25) is 0 Å². The Hall–Kier alpha value is -4.74. The number of hydrogen-bond acceptors (Lipinski definition) is 9. The van der Waals surface area contributed by atoms with E-state index in [2.05, 4.69) is 18.6 Å². The van der Waals surface area contributed by atoms with Crippen molar-refractivity contribution in [2.75, 3.05) is 46.5 Å². The van der Waals surface area contributed by atoms with Crippen molar-refractivity contribution in [2.45, 2.75) is 182 Å². The lowest BCUT2D eigenvalue weighted by Gasteiger charge is -2.16. The van der Waals surface area contributed by atoms with Gasteiger partial charge in [-0.3, -0.25) is 28.8 Å². The molecule has 2 aromatic carbocycles. The van der Waals surface area contributed by atoms with Crippen LogP contribution in [0.3, 0.4) is 0 Å². The molecule has 0 bridgehead atoms. The standard InChI is InChI=1S/C24H37NO3.C19H35NO3.C13H15NO3/c1-2-3-4-5-6-7-8-9-10-14-17-28-24(27)22-18-23(26)25(20-22)19-21-15-12-11-13-16-21;1-3-5-6-7-8-9-10-11-12-13-14-20-16-17(15-18(20)21)19(22)23-4-2;1-17-13(16)11-7-12(15)14(9-11)8-10-5-3-2-4-6-10/h11-13,15-16,22H,2-10,14,17-20H2,1H3;17H,3-16H2,1-2H3;2-6,11H,7-9H2,1H3. The van der Waals surface area contributed by atoms with Crippen LogP contribution in [0.15, 0.2) is 60.7 Å². The highest BCUT2D eigenvalue weighted by molar-refractivity contribution is 5.88. The van der Waals surface area contributed by atoms with Crippen molar-refractivity contribution in [3.8, 4) is 0 Å². The van der Waals surface area contributed by atoms with E-state index < -0.39 is 0 Å². The van der Waals surface area contributed by atoms with Crippen LogP contribution in [0.5, 0.6) is 0 Å². The number of unbranched alkanes of at least 4 members (excludes halogenated alkanes) is 18. The maximum Gasteiger partial charge on any atom is 0.311 e. The Kier molecular flexibility index (Phi) is 30.0. The number of methoxy groups -OCH3 is 1. The van der Waals surface area contributed by atoms with Crippen LogP contribution in [0.4, 0.5) is 0 Å². The molecule has 3 saturated heterocycles. The smallest absolute Gasteiger partial charge is 0.311 e. The molecule has 68 heavy (non-hydrogen) atoms. The number of benzene rings is 2. The number of esters is 3. The zero-order valence-corrected chi connectivity index (χ0v) is 42.4. The van der Waals surface area contributed by atoms with Crippen LogP contribution in [0.1, 0.15) is 180 Å². The van der Waals surface area contributed by atoms with Gasteiger partial charge in [0.05, 0.1) is 38.1 Å². The van der Waals surface area contributed by atoms with Crippen molar-refractivity contribution in [1.82, 2.24) is 14.7 Å². The Morgan fingerprint density at radius 2 is 0.809 bits per heavy atom. The number of amides is 3. The third-order valence-electron chi connectivity index (χ3n) is 13.1. The van der Waals surface area contributed by atoms with Crippen molar-refractivity contribution < 1.29 is 43.0 Å². The minimum Gasteiger partial charge on any atom is -0.469 e. The van der Waals surface area contributed by atoms with E-state index in [9.17, 15) is 28.8 Å². The number of carbonyl (C=O) groups is 6. The van der Waals surface area contributed by atoms with Gasteiger partial charge in [0.1, 0.15) is 0 Å². The average molecular weight is 946 g/mol. The molecule has 3 aliphatic heterocycles. The van der Waals surface area contributed by atoms with Gasteiger partial charge in [-0.2, -0.15) is 0 Å². The van der Waals surface area contributed by atoms with Gasteiger partial charge in [-0.05, 0) is 30.9 Å². The molecule has 2 aromatic rings. The normalized spacial score (nSPS) is 17.7. The third kappa shape index (κ3) is 23.5. The number of carbonyl (C=O) groups excluding carboxylic acids is 6. The summed E-state index contributed by atoms with van der Waals surface area (Å²) in [6.45, 7) is 10.6. The summed E-state index contributed by atoms with van der Waals surface area (Å²) in [5.41, 5.74) is 2.17. The number of ether oxygens (including phenoxy) is 3. The van der Waals surface area contributed by atoms with Crippen LogP contribution in [0, 0.1) is 17.8 Å². The minimum atomic E-state index is -0.309. The van der Waals surface area contributed by atoms with Gasteiger partial charge < -0.3 is 28.9 Å². The van der Waals surface area contributed by atoms with Gasteiger partial charge in [-0.1, -0.05) is 190 Å².